The lowest BCUT2D eigenvalue weighted by Gasteiger charge is -2.05. The van der Waals surface area contributed by atoms with Crippen LogP contribution in [0.2, 0.25) is 5.02 Å². The second-order valence-corrected chi connectivity index (χ2v) is 6.34. The fourth-order valence-electron chi connectivity index (χ4n) is 1.87. The molecule has 0 aliphatic rings. The number of hydrogen-bond donors (Lipinski definition) is 0. The molecule has 0 aliphatic carbocycles. The van der Waals surface area contributed by atoms with Gasteiger partial charge in [-0.1, -0.05) is 41.9 Å². The molecular formula is C16H15ClO3S. The monoisotopic (exact) mass is 322 g/mol. The highest BCUT2D eigenvalue weighted by molar-refractivity contribution is 7.85. The maximum Gasteiger partial charge on any atom is 0.175 e. The summed E-state index contributed by atoms with van der Waals surface area (Å²) in [5, 5.41) is 0.569. The minimum Gasteiger partial charge on any atom is -0.497 e. The van der Waals surface area contributed by atoms with Gasteiger partial charge in [0, 0.05) is 21.4 Å². The Morgan fingerprint density at radius 3 is 2.67 bits per heavy atom. The fourth-order valence-corrected chi connectivity index (χ4v) is 3.31. The van der Waals surface area contributed by atoms with Crippen LogP contribution < -0.4 is 4.74 Å². The number of ketones is 1. The van der Waals surface area contributed by atoms with E-state index in [-0.39, 0.29) is 17.3 Å². The average molecular weight is 323 g/mol. The highest BCUT2D eigenvalue weighted by atomic mass is 35.5. The van der Waals surface area contributed by atoms with E-state index in [2.05, 4.69) is 0 Å². The zero-order valence-corrected chi connectivity index (χ0v) is 13.1. The highest BCUT2D eigenvalue weighted by Gasteiger charge is 2.13. The van der Waals surface area contributed by atoms with Crippen LogP contribution in [0.25, 0.3) is 0 Å². The van der Waals surface area contributed by atoms with Gasteiger partial charge in [0.1, 0.15) is 5.75 Å². The van der Waals surface area contributed by atoms with Crippen molar-refractivity contribution in [2.75, 3.05) is 12.9 Å². The van der Waals surface area contributed by atoms with E-state index < -0.39 is 10.8 Å². The lowest BCUT2D eigenvalue weighted by atomic mass is 10.1. The van der Waals surface area contributed by atoms with Gasteiger partial charge in [-0.25, -0.2) is 0 Å². The Kier molecular flexibility index (Phi) is 5.53. The van der Waals surface area contributed by atoms with Gasteiger partial charge < -0.3 is 4.74 Å². The van der Waals surface area contributed by atoms with Crippen molar-refractivity contribution in [1.29, 1.82) is 0 Å². The average Bonchev–Trinajstić information content (AvgIpc) is 2.49. The Hall–Kier alpha value is -1.65. The second-order valence-electron chi connectivity index (χ2n) is 4.48. The molecular weight excluding hydrogens is 308 g/mol. The molecule has 3 nitrogen and oxygen atoms in total. The Bertz CT molecular complexity index is 670. The zero-order chi connectivity index (χ0) is 15.2. The molecule has 0 saturated heterocycles. The molecule has 0 fully saturated rings. The maximum atomic E-state index is 12.1. The first-order chi connectivity index (χ1) is 10.1. The van der Waals surface area contributed by atoms with E-state index in [4.69, 9.17) is 16.3 Å². The normalized spacial score (nSPS) is 11.9. The van der Waals surface area contributed by atoms with Gasteiger partial charge >= 0.3 is 0 Å². The van der Waals surface area contributed by atoms with Crippen molar-refractivity contribution in [1.82, 2.24) is 0 Å². The second kappa shape index (κ2) is 7.38. The number of halogens is 1. The van der Waals surface area contributed by atoms with E-state index in [1.165, 1.54) is 0 Å². The SMILES string of the molecule is COc1cccc(C(=O)CS(=O)Cc2ccccc2Cl)c1. The molecule has 0 N–H and O–H groups in total. The molecule has 5 heteroatoms. The Morgan fingerprint density at radius 2 is 1.95 bits per heavy atom. The number of hydrogen-bond acceptors (Lipinski definition) is 3. The summed E-state index contributed by atoms with van der Waals surface area (Å²) >= 11 is 6.03. The number of Topliss-reactive ketones (excluding diaryl/α,β-unsaturated/α-hetero) is 1. The molecule has 1 unspecified atom stereocenters. The molecule has 0 spiro atoms. The molecule has 21 heavy (non-hydrogen) atoms. The summed E-state index contributed by atoms with van der Waals surface area (Å²) < 4.78 is 17.2. The highest BCUT2D eigenvalue weighted by Crippen LogP contribution is 2.18. The largest absolute Gasteiger partial charge is 0.497 e. The molecule has 0 saturated carbocycles. The summed E-state index contributed by atoms with van der Waals surface area (Å²) in [5.74, 6) is 0.686. The fraction of sp³-hybridized carbons (Fsp3) is 0.188. The van der Waals surface area contributed by atoms with E-state index in [0.717, 1.165) is 5.56 Å². The summed E-state index contributed by atoms with van der Waals surface area (Å²) in [6.45, 7) is 0. The molecule has 0 radical (unpaired) electrons. The van der Waals surface area contributed by atoms with Crippen LogP contribution in [-0.2, 0) is 16.6 Å². The molecule has 2 rings (SSSR count). The van der Waals surface area contributed by atoms with Crippen LogP contribution in [-0.4, -0.2) is 22.9 Å². The molecule has 0 aromatic heterocycles. The van der Waals surface area contributed by atoms with Crippen molar-refractivity contribution in [3.63, 3.8) is 0 Å². The van der Waals surface area contributed by atoms with Crippen molar-refractivity contribution in [3.8, 4) is 5.75 Å². The summed E-state index contributed by atoms with van der Waals surface area (Å²) in [4.78, 5) is 12.1. The standard InChI is InChI=1S/C16H15ClO3S/c1-20-14-7-4-6-12(9-14)16(18)11-21(19)10-13-5-2-3-8-15(13)17/h2-9H,10-11H2,1H3. The number of carbonyl (C=O) groups excluding carboxylic acids is 1. The van der Waals surface area contributed by atoms with E-state index in [1.807, 2.05) is 18.2 Å². The van der Waals surface area contributed by atoms with Gasteiger partial charge in [0.15, 0.2) is 5.78 Å². The predicted octanol–water partition coefficient (Wildman–Crippen LogP) is 3.48. The van der Waals surface area contributed by atoms with Gasteiger partial charge in [0.25, 0.3) is 0 Å². The summed E-state index contributed by atoms with van der Waals surface area (Å²) in [6, 6.07) is 14.1. The van der Waals surface area contributed by atoms with E-state index in [9.17, 15) is 9.00 Å². The molecule has 0 amide bonds. The van der Waals surface area contributed by atoms with Crippen molar-refractivity contribution in [3.05, 3.63) is 64.7 Å². The van der Waals surface area contributed by atoms with Crippen LogP contribution in [0.4, 0.5) is 0 Å². The number of methoxy groups -OCH3 is 1. The quantitative estimate of drug-likeness (QED) is 0.765. The minimum absolute atomic E-state index is 0.0294. The van der Waals surface area contributed by atoms with Gasteiger partial charge in [-0.2, -0.15) is 0 Å². The van der Waals surface area contributed by atoms with Crippen LogP contribution >= 0.6 is 11.6 Å². The molecule has 0 heterocycles. The lowest BCUT2D eigenvalue weighted by Crippen LogP contribution is -2.12. The first-order valence-electron chi connectivity index (χ1n) is 6.36. The van der Waals surface area contributed by atoms with Gasteiger partial charge in [-0.05, 0) is 23.8 Å². The minimum atomic E-state index is -1.30. The summed E-state index contributed by atoms with van der Waals surface area (Å²) in [6.07, 6.45) is 0. The first-order valence-corrected chi connectivity index (χ1v) is 8.22. The Morgan fingerprint density at radius 1 is 1.19 bits per heavy atom. The van der Waals surface area contributed by atoms with Gasteiger partial charge in [-0.15, -0.1) is 0 Å². The van der Waals surface area contributed by atoms with Gasteiger partial charge in [0.2, 0.25) is 0 Å². The summed E-state index contributed by atoms with van der Waals surface area (Å²) in [7, 11) is 0.246. The Balaban J connectivity index is 2.02. The van der Waals surface area contributed by atoms with Crippen molar-refractivity contribution in [2.24, 2.45) is 0 Å². The smallest absolute Gasteiger partial charge is 0.175 e. The van der Waals surface area contributed by atoms with E-state index in [1.54, 1.807) is 37.4 Å². The molecule has 0 bridgehead atoms. The first kappa shape index (κ1) is 15.7. The molecule has 2 aromatic rings. The van der Waals surface area contributed by atoms with Gasteiger partial charge in [0.05, 0.1) is 18.6 Å². The third-order valence-corrected chi connectivity index (χ3v) is 4.54. The van der Waals surface area contributed by atoms with Crippen LogP contribution in [0, 0.1) is 0 Å². The zero-order valence-electron chi connectivity index (χ0n) is 11.5. The molecule has 1 atom stereocenters. The lowest BCUT2D eigenvalue weighted by molar-refractivity contribution is 0.102. The molecule has 110 valence electrons. The third kappa shape index (κ3) is 4.41. The van der Waals surface area contributed by atoms with Crippen LogP contribution in [0.15, 0.2) is 48.5 Å². The number of rotatable bonds is 6. The van der Waals surface area contributed by atoms with Gasteiger partial charge in [-0.3, -0.25) is 9.00 Å². The van der Waals surface area contributed by atoms with Crippen molar-refractivity contribution >= 4 is 28.2 Å². The topological polar surface area (TPSA) is 43.4 Å². The molecule has 2 aromatic carbocycles. The third-order valence-electron chi connectivity index (χ3n) is 2.96. The van der Waals surface area contributed by atoms with Crippen molar-refractivity contribution in [2.45, 2.75) is 5.75 Å². The van der Waals surface area contributed by atoms with Crippen LogP contribution in [0.3, 0.4) is 0 Å². The van der Waals surface area contributed by atoms with E-state index in [0.29, 0.717) is 16.3 Å². The van der Waals surface area contributed by atoms with Crippen molar-refractivity contribution < 1.29 is 13.7 Å². The van der Waals surface area contributed by atoms with Crippen LogP contribution in [0.5, 0.6) is 5.75 Å². The predicted molar refractivity (Wildman–Crippen MR) is 85.5 cm³/mol. The summed E-state index contributed by atoms with van der Waals surface area (Å²) in [5.41, 5.74) is 1.29. The number of ether oxygens (including phenoxy) is 1. The van der Waals surface area contributed by atoms with Crippen LogP contribution in [0.1, 0.15) is 15.9 Å². The molecule has 0 aliphatic heterocycles. The maximum absolute atomic E-state index is 12.1. The Labute approximate surface area is 131 Å². The number of benzene rings is 2. The van der Waals surface area contributed by atoms with E-state index >= 15 is 0 Å². The number of carbonyl (C=O) groups is 1.